The Morgan fingerprint density at radius 2 is 1.68 bits per heavy atom. The summed E-state index contributed by atoms with van der Waals surface area (Å²) < 4.78 is 52.6. The molecule has 4 nitrogen and oxygen atoms in total. The zero-order chi connectivity index (χ0) is 15.1. The van der Waals surface area contributed by atoms with Crippen LogP contribution in [0.1, 0.15) is 27.7 Å². The molecule has 0 bridgehead atoms. The predicted octanol–water partition coefficient (Wildman–Crippen LogP) is 1.79. The fourth-order valence-corrected chi connectivity index (χ4v) is 2.80. The van der Waals surface area contributed by atoms with E-state index >= 15 is 0 Å². The minimum atomic E-state index is -4.20. The van der Waals surface area contributed by atoms with E-state index in [4.69, 9.17) is 0 Å². The van der Waals surface area contributed by atoms with Gasteiger partial charge in [0.1, 0.15) is 16.5 Å². The van der Waals surface area contributed by atoms with Crippen molar-refractivity contribution >= 4 is 10.0 Å². The minimum Gasteiger partial charge on any atom is -0.389 e. The molecule has 0 aliphatic heterocycles. The molecule has 0 aliphatic carbocycles. The van der Waals surface area contributed by atoms with Crippen molar-refractivity contribution in [3.63, 3.8) is 0 Å². The molecule has 0 radical (unpaired) electrons. The molecule has 0 spiro atoms. The summed E-state index contributed by atoms with van der Waals surface area (Å²) in [5.74, 6) is -2.04. The van der Waals surface area contributed by atoms with Gasteiger partial charge in [-0.25, -0.2) is 21.9 Å². The van der Waals surface area contributed by atoms with E-state index in [2.05, 4.69) is 4.72 Å². The lowest BCUT2D eigenvalue weighted by Gasteiger charge is -2.37. The van der Waals surface area contributed by atoms with Crippen LogP contribution in [0.25, 0.3) is 0 Å². The van der Waals surface area contributed by atoms with Crippen LogP contribution in [0.3, 0.4) is 0 Å². The maximum Gasteiger partial charge on any atom is 0.244 e. The Kier molecular flexibility index (Phi) is 4.05. The molecule has 0 aromatic heterocycles. The summed E-state index contributed by atoms with van der Waals surface area (Å²) in [6, 6.07) is 2.19. The topological polar surface area (TPSA) is 66.4 Å². The van der Waals surface area contributed by atoms with E-state index in [0.29, 0.717) is 6.07 Å². The van der Waals surface area contributed by atoms with Gasteiger partial charge in [0, 0.05) is 6.07 Å². The van der Waals surface area contributed by atoms with Crippen LogP contribution in [0.5, 0.6) is 0 Å². The molecule has 0 unspecified atom stereocenters. The summed E-state index contributed by atoms with van der Waals surface area (Å²) in [5, 5.41) is 9.89. The molecule has 0 saturated carbocycles. The second-order valence-corrected chi connectivity index (χ2v) is 7.02. The van der Waals surface area contributed by atoms with Gasteiger partial charge in [0.05, 0.1) is 11.1 Å². The molecule has 1 rings (SSSR count). The van der Waals surface area contributed by atoms with Crippen LogP contribution < -0.4 is 4.72 Å². The molecule has 108 valence electrons. The summed E-state index contributed by atoms with van der Waals surface area (Å²) in [4.78, 5) is -0.661. The Morgan fingerprint density at radius 3 is 2.11 bits per heavy atom. The van der Waals surface area contributed by atoms with Gasteiger partial charge < -0.3 is 5.11 Å². The van der Waals surface area contributed by atoms with E-state index < -0.39 is 37.7 Å². The SMILES string of the molecule is CC(C)(O)C(C)(C)NS(=O)(=O)c1ccc(F)cc1F. The number of hydrogen-bond donors (Lipinski definition) is 2. The van der Waals surface area contributed by atoms with Gasteiger partial charge in [0.25, 0.3) is 0 Å². The van der Waals surface area contributed by atoms with Gasteiger partial charge in [0.15, 0.2) is 0 Å². The monoisotopic (exact) mass is 293 g/mol. The summed E-state index contributed by atoms with van der Waals surface area (Å²) in [7, 11) is -4.20. The average molecular weight is 293 g/mol. The summed E-state index contributed by atoms with van der Waals surface area (Å²) in [6.45, 7) is 5.78. The molecule has 0 saturated heterocycles. The van der Waals surface area contributed by atoms with Crippen LogP contribution >= 0.6 is 0 Å². The van der Waals surface area contributed by atoms with Crippen molar-refractivity contribution in [2.24, 2.45) is 0 Å². The first kappa shape index (κ1) is 16.0. The third-order valence-corrected chi connectivity index (χ3v) is 4.79. The quantitative estimate of drug-likeness (QED) is 0.889. The van der Waals surface area contributed by atoms with E-state index in [-0.39, 0.29) is 0 Å². The lowest BCUT2D eigenvalue weighted by atomic mass is 9.87. The fraction of sp³-hybridized carbons (Fsp3) is 0.500. The molecular weight excluding hydrogens is 276 g/mol. The van der Waals surface area contributed by atoms with Crippen molar-refractivity contribution in [3.05, 3.63) is 29.8 Å². The van der Waals surface area contributed by atoms with Gasteiger partial charge in [-0.3, -0.25) is 0 Å². The minimum absolute atomic E-state index is 0.492. The maximum atomic E-state index is 13.5. The zero-order valence-corrected chi connectivity index (χ0v) is 12.0. The van der Waals surface area contributed by atoms with Crippen LogP contribution in [0.4, 0.5) is 8.78 Å². The van der Waals surface area contributed by atoms with Crippen molar-refractivity contribution in [2.75, 3.05) is 0 Å². The van der Waals surface area contributed by atoms with Crippen LogP contribution in [-0.2, 0) is 10.0 Å². The first-order valence-corrected chi connectivity index (χ1v) is 7.06. The summed E-state index contributed by atoms with van der Waals surface area (Å²) in [6.07, 6.45) is 0. The molecule has 2 N–H and O–H groups in total. The number of benzene rings is 1. The third kappa shape index (κ3) is 3.49. The van der Waals surface area contributed by atoms with Gasteiger partial charge in [-0.15, -0.1) is 0 Å². The number of halogens is 2. The molecule has 7 heteroatoms. The highest BCUT2D eigenvalue weighted by Crippen LogP contribution is 2.24. The first-order valence-electron chi connectivity index (χ1n) is 5.58. The number of rotatable bonds is 4. The Hall–Kier alpha value is -1.05. The zero-order valence-electron chi connectivity index (χ0n) is 11.2. The Labute approximate surface area is 111 Å². The normalized spacial score (nSPS) is 13.6. The molecular formula is C12H17F2NO3S. The molecule has 1 aromatic carbocycles. The highest BCUT2D eigenvalue weighted by Gasteiger charge is 2.39. The second-order valence-electron chi connectivity index (χ2n) is 5.36. The molecule has 0 amide bonds. The summed E-state index contributed by atoms with van der Waals surface area (Å²) >= 11 is 0. The van der Waals surface area contributed by atoms with Crippen molar-refractivity contribution in [1.82, 2.24) is 4.72 Å². The maximum absolute atomic E-state index is 13.5. The van der Waals surface area contributed by atoms with Crippen LogP contribution in [0.2, 0.25) is 0 Å². The van der Waals surface area contributed by atoms with Gasteiger partial charge in [0.2, 0.25) is 10.0 Å². The fourth-order valence-electron chi connectivity index (χ4n) is 1.21. The van der Waals surface area contributed by atoms with Crippen LogP contribution in [0, 0.1) is 11.6 Å². The number of nitrogens with one attached hydrogen (secondary N) is 1. The average Bonchev–Trinajstić information content (AvgIpc) is 2.12. The largest absolute Gasteiger partial charge is 0.389 e. The van der Waals surface area contributed by atoms with E-state index in [9.17, 15) is 22.3 Å². The van der Waals surface area contributed by atoms with Crippen LogP contribution in [0.15, 0.2) is 23.1 Å². The number of hydrogen-bond acceptors (Lipinski definition) is 3. The van der Waals surface area contributed by atoms with E-state index in [0.717, 1.165) is 12.1 Å². The smallest absolute Gasteiger partial charge is 0.244 e. The second kappa shape index (κ2) is 4.81. The highest BCUT2D eigenvalue weighted by molar-refractivity contribution is 7.89. The number of sulfonamides is 1. The standard InChI is InChI=1S/C12H17F2NO3S/c1-11(2,12(3,4)16)15-19(17,18)10-6-5-8(13)7-9(10)14/h5-7,15-16H,1-4H3. The molecule has 0 heterocycles. The van der Waals surface area contributed by atoms with Crippen LogP contribution in [-0.4, -0.2) is 24.7 Å². The molecule has 0 aliphatic rings. The Morgan fingerprint density at radius 1 is 1.16 bits per heavy atom. The van der Waals surface area contributed by atoms with E-state index in [1.807, 2.05) is 0 Å². The highest BCUT2D eigenvalue weighted by atomic mass is 32.2. The Bertz CT molecular complexity index is 577. The van der Waals surface area contributed by atoms with Crippen molar-refractivity contribution < 1.29 is 22.3 Å². The van der Waals surface area contributed by atoms with Gasteiger partial charge in [-0.2, -0.15) is 0 Å². The van der Waals surface area contributed by atoms with Gasteiger partial charge in [-0.1, -0.05) is 0 Å². The van der Waals surface area contributed by atoms with E-state index in [1.165, 1.54) is 27.7 Å². The van der Waals surface area contributed by atoms with Gasteiger partial charge in [-0.05, 0) is 39.8 Å². The van der Waals surface area contributed by atoms with Crippen molar-refractivity contribution in [1.29, 1.82) is 0 Å². The Balaban J connectivity index is 3.20. The molecule has 0 atom stereocenters. The van der Waals surface area contributed by atoms with Gasteiger partial charge >= 0.3 is 0 Å². The van der Waals surface area contributed by atoms with Crippen molar-refractivity contribution in [3.8, 4) is 0 Å². The van der Waals surface area contributed by atoms with E-state index in [1.54, 1.807) is 0 Å². The lowest BCUT2D eigenvalue weighted by Crippen LogP contribution is -2.57. The molecule has 19 heavy (non-hydrogen) atoms. The molecule has 0 fully saturated rings. The number of aliphatic hydroxyl groups is 1. The first-order chi connectivity index (χ1) is 8.37. The predicted molar refractivity (Wildman–Crippen MR) is 67.1 cm³/mol. The summed E-state index contributed by atoms with van der Waals surface area (Å²) in [5.41, 5.74) is -2.59. The lowest BCUT2D eigenvalue weighted by molar-refractivity contribution is 0.00636. The third-order valence-electron chi connectivity index (χ3n) is 3.10. The molecule has 1 aromatic rings. The van der Waals surface area contributed by atoms with Crippen molar-refractivity contribution in [2.45, 2.75) is 43.7 Å².